The first kappa shape index (κ1) is 17.7. The van der Waals surface area contributed by atoms with Crippen molar-refractivity contribution in [2.75, 3.05) is 24.5 Å². The first-order valence-corrected chi connectivity index (χ1v) is 9.20. The molecule has 1 aliphatic rings. The highest BCUT2D eigenvalue weighted by Gasteiger charge is 2.13. The SMILES string of the molecule is O=C(NCCc1ccc(Cl)cc1)c1cnc(N2CCCCCC2)nc1. The number of rotatable bonds is 5. The Balaban J connectivity index is 1.50. The van der Waals surface area contributed by atoms with Crippen LogP contribution in [0.15, 0.2) is 36.7 Å². The van der Waals surface area contributed by atoms with Gasteiger partial charge in [0.05, 0.1) is 5.56 Å². The number of nitrogens with one attached hydrogen (secondary N) is 1. The van der Waals surface area contributed by atoms with E-state index < -0.39 is 0 Å². The van der Waals surface area contributed by atoms with Crippen molar-refractivity contribution in [2.45, 2.75) is 32.1 Å². The molecule has 0 bridgehead atoms. The largest absolute Gasteiger partial charge is 0.352 e. The number of aromatic nitrogens is 2. The minimum absolute atomic E-state index is 0.142. The van der Waals surface area contributed by atoms with Crippen LogP contribution in [0.5, 0.6) is 0 Å². The van der Waals surface area contributed by atoms with E-state index in [1.54, 1.807) is 12.4 Å². The third-order valence-corrected chi connectivity index (χ3v) is 4.65. The van der Waals surface area contributed by atoms with Gasteiger partial charge in [-0.05, 0) is 37.0 Å². The highest BCUT2D eigenvalue weighted by molar-refractivity contribution is 6.30. The molecule has 1 N–H and O–H groups in total. The Labute approximate surface area is 153 Å². The number of anilines is 1. The summed E-state index contributed by atoms with van der Waals surface area (Å²) >= 11 is 5.87. The van der Waals surface area contributed by atoms with Gasteiger partial charge in [-0.2, -0.15) is 0 Å². The van der Waals surface area contributed by atoms with E-state index in [-0.39, 0.29) is 5.91 Å². The summed E-state index contributed by atoms with van der Waals surface area (Å²) < 4.78 is 0. The predicted molar refractivity (Wildman–Crippen MR) is 100 cm³/mol. The molecule has 0 radical (unpaired) electrons. The van der Waals surface area contributed by atoms with Gasteiger partial charge in [0.1, 0.15) is 0 Å². The van der Waals surface area contributed by atoms with Gasteiger partial charge in [-0.1, -0.05) is 36.6 Å². The number of nitrogens with zero attached hydrogens (tertiary/aromatic N) is 3. The number of halogens is 1. The van der Waals surface area contributed by atoms with E-state index >= 15 is 0 Å². The van der Waals surface area contributed by atoms with E-state index in [9.17, 15) is 4.79 Å². The van der Waals surface area contributed by atoms with Crippen LogP contribution in [-0.4, -0.2) is 35.5 Å². The molecule has 1 aromatic carbocycles. The summed E-state index contributed by atoms with van der Waals surface area (Å²) in [4.78, 5) is 23.2. The fraction of sp³-hybridized carbons (Fsp3) is 0.421. The first-order chi connectivity index (χ1) is 12.2. The van der Waals surface area contributed by atoms with Crippen molar-refractivity contribution in [2.24, 2.45) is 0 Å². The maximum atomic E-state index is 12.2. The lowest BCUT2D eigenvalue weighted by Gasteiger charge is -2.19. The molecule has 1 aromatic heterocycles. The van der Waals surface area contributed by atoms with E-state index in [1.807, 2.05) is 24.3 Å². The van der Waals surface area contributed by atoms with Gasteiger partial charge in [0.15, 0.2) is 0 Å². The second-order valence-corrected chi connectivity index (χ2v) is 6.74. The fourth-order valence-corrected chi connectivity index (χ4v) is 3.07. The summed E-state index contributed by atoms with van der Waals surface area (Å²) in [5.74, 6) is 0.580. The standard InChI is InChI=1S/C19H23ClN4O/c20-17-7-5-15(6-8-17)9-10-21-18(25)16-13-22-19(23-14-16)24-11-3-1-2-4-12-24/h5-8,13-14H,1-4,9-12H2,(H,21,25). The van der Waals surface area contributed by atoms with Gasteiger partial charge in [-0.3, -0.25) is 4.79 Å². The maximum Gasteiger partial charge on any atom is 0.254 e. The van der Waals surface area contributed by atoms with Crippen molar-refractivity contribution in [3.8, 4) is 0 Å². The van der Waals surface area contributed by atoms with E-state index in [1.165, 1.54) is 25.7 Å². The van der Waals surface area contributed by atoms with Crippen LogP contribution >= 0.6 is 11.6 Å². The second kappa shape index (κ2) is 8.81. The number of carbonyl (C=O) groups excluding carboxylic acids is 1. The van der Waals surface area contributed by atoms with Crippen LogP contribution < -0.4 is 10.2 Å². The summed E-state index contributed by atoms with van der Waals surface area (Å²) in [5, 5.41) is 3.62. The monoisotopic (exact) mass is 358 g/mol. The summed E-state index contributed by atoms with van der Waals surface area (Å²) in [5.41, 5.74) is 1.63. The Morgan fingerprint density at radius 2 is 1.68 bits per heavy atom. The molecule has 1 aliphatic heterocycles. The van der Waals surface area contributed by atoms with Gasteiger partial charge < -0.3 is 10.2 Å². The van der Waals surface area contributed by atoms with Crippen molar-refractivity contribution < 1.29 is 4.79 Å². The topological polar surface area (TPSA) is 58.1 Å². The average molecular weight is 359 g/mol. The lowest BCUT2D eigenvalue weighted by Crippen LogP contribution is -2.28. The fourth-order valence-electron chi connectivity index (χ4n) is 2.95. The molecule has 2 aromatic rings. The van der Waals surface area contributed by atoms with Crippen LogP contribution in [0.4, 0.5) is 5.95 Å². The van der Waals surface area contributed by atoms with E-state index in [0.717, 1.165) is 36.0 Å². The zero-order valence-corrected chi connectivity index (χ0v) is 15.0. The average Bonchev–Trinajstić information content (AvgIpc) is 2.93. The van der Waals surface area contributed by atoms with Crippen molar-refractivity contribution in [3.05, 3.63) is 52.8 Å². The first-order valence-electron chi connectivity index (χ1n) is 8.82. The molecular weight excluding hydrogens is 336 g/mol. The number of carbonyl (C=O) groups is 1. The summed E-state index contributed by atoms with van der Waals surface area (Å²) in [7, 11) is 0. The molecule has 1 saturated heterocycles. The third-order valence-electron chi connectivity index (χ3n) is 4.40. The van der Waals surface area contributed by atoms with Gasteiger partial charge >= 0.3 is 0 Å². The molecule has 5 nitrogen and oxygen atoms in total. The van der Waals surface area contributed by atoms with Gasteiger partial charge in [-0.25, -0.2) is 9.97 Å². The lowest BCUT2D eigenvalue weighted by molar-refractivity contribution is 0.0953. The quantitative estimate of drug-likeness (QED) is 0.888. The zero-order valence-electron chi connectivity index (χ0n) is 14.2. The van der Waals surface area contributed by atoms with Crippen LogP contribution in [0.1, 0.15) is 41.6 Å². The second-order valence-electron chi connectivity index (χ2n) is 6.31. The Hall–Kier alpha value is -2.14. The third kappa shape index (κ3) is 5.16. The van der Waals surface area contributed by atoms with Crippen LogP contribution in [0.3, 0.4) is 0 Å². The minimum atomic E-state index is -0.142. The van der Waals surface area contributed by atoms with Crippen LogP contribution in [0.25, 0.3) is 0 Å². The van der Waals surface area contributed by atoms with Crippen molar-refractivity contribution in [1.82, 2.24) is 15.3 Å². The van der Waals surface area contributed by atoms with Gasteiger partial charge in [0, 0.05) is 37.1 Å². The molecule has 132 valence electrons. The van der Waals surface area contributed by atoms with Crippen molar-refractivity contribution in [1.29, 1.82) is 0 Å². The van der Waals surface area contributed by atoms with E-state index in [4.69, 9.17) is 11.6 Å². The van der Waals surface area contributed by atoms with E-state index in [2.05, 4.69) is 20.2 Å². The Kier molecular flexibility index (Phi) is 6.23. The molecule has 1 fully saturated rings. The molecule has 25 heavy (non-hydrogen) atoms. The highest BCUT2D eigenvalue weighted by Crippen LogP contribution is 2.15. The zero-order chi connectivity index (χ0) is 17.5. The van der Waals surface area contributed by atoms with Crippen LogP contribution in [0, 0.1) is 0 Å². The molecule has 6 heteroatoms. The van der Waals surface area contributed by atoms with Crippen molar-refractivity contribution >= 4 is 23.5 Å². The lowest BCUT2D eigenvalue weighted by atomic mass is 10.1. The number of hydrogen-bond donors (Lipinski definition) is 1. The number of amides is 1. The van der Waals surface area contributed by atoms with E-state index in [0.29, 0.717) is 12.1 Å². The normalized spacial score (nSPS) is 14.8. The molecule has 2 heterocycles. The Bertz CT molecular complexity index is 680. The van der Waals surface area contributed by atoms with Crippen molar-refractivity contribution in [3.63, 3.8) is 0 Å². The van der Waals surface area contributed by atoms with Crippen LogP contribution in [-0.2, 0) is 6.42 Å². The molecule has 0 saturated carbocycles. The summed E-state index contributed by atoms with van der Waals surface area (Å²) in [6, 6.07) is 7.64. The number of hydrogen-bond acceptors (Lipinski definition) is 4. The predicted octanol–water partition coefficient (Wildman–Crippen LogP) is 3.48. The van der Waals surface area contributed by atoms with Gasteiger partial charge in [0.25, 0.3) is 5.91 Å². The molecule has 0 unspecified atom stereocenters. The van der Waals surface area contributed by atoms with Crippen LogP contribution in [0.2, 0.25) is 5.02 Å². The number of benzene rings is 1. The minimum Gasteiger partial charge on any atom is -0.352 e. The highest BCUT2D eigenvalue weighted by atomic mass is 35.5. The molecular formula is C19H23ClN4O. The maximum absolute atomic E-state index is 12.2. The molecule has 0 aliphatic carbocycles. The summed E-state index contributed by atoms with van der Waals surface area (Å²) in [6.45, 7) is 2.55. The molecule has 1 amide bonds. The Morgan fingerprint density at radius 3 is 2.32 bits per heavy atom. The molecule has 3 rings (SSSR count). The Morgan fingerprint density at radius 1 is 1.04 bits per heavy atom. The smallest absolute Gasteiger partial charge is 0.254 e. The molecule has 0 atom stereocenters. The van der Waals surface area contributed by atoms with Gasteiger partial charge in [-0.15, -0.1) is 0 Å². The molecule has 0 spiro atoms. The summed E-state index contributed by atoms with van der Waals surface area (Å²) in [6.07, 6.45) is 8.88. The van der Waals surface area contributed by atoms with Gasteiger partial charge in [0.2, 0.25) is 5.95 Å².